The summed E-state index contributed by atoms with van der Waals surface area (Å²) in [4.78, 5) is 11.2. The van der Waals surface area contributed by atoms with Gasteiger partial charge in [-0.3, -0.25) is 4.79 Å². The maximum Gasteiger partial charge on any atom is 0.310 e. The molecule has 0 heterocycles. The van der Waals surface area contributed by atoms with Gasteiger partial charge >= 0.3 is 5.97 Å². The van der Waals surface area contributed by atoms with Gasteiger partial charge in [-0.05, 0) is 18.4 Å². The van der Waals surface area contributed by atoms with Crippen molar-refractivity contribution in [2.24, 2.45) is 5.92 Å². The van der Waals surface area contributed by atoms with E-state index in [-0.39, 0.29) is 12.4 Å². The van der Waals surface area contributed by atoms with E-state index in [1.165, 1.54) is 7.11 Å². The Bertz CT molecular complexity index is 358. The van der Waals surface area contributed by atoms with Gasteiger partial charge in [0.1, 0.15) is 5.75 Å². The second-order valence-electron chi connectivity index (χ2n) is 4.39. The molecular formula is C14H20O3. The van der Waals surface area contributed by atoms with Crippen LogP contribution in [0.3, 0.4) is 0 Å². The van der Waals surface area contributed by atoms with Gasteiger partial charge in [-0.1, -0.05) is 32.0 Å². The molecule has 0 aliphatic heterocycles. The van der Waals surface area contributed by atoms with Crippen LogP contribution in [0.15, 0.2) is 24.3 Å². The molecule has 0 saturated carbocycles. The molecule has 1 rings (SSSR count). The largest absolute Gasteiger partial charge is 0.493 e. The van der Waals surface area contributed by atoms with Gasteiger partial charge in [-0.2, -0.15) is 0 Å². The van der Waals surface area contributed by atoms with Crippen LogP contribution in [0.5, 0.6) is 5.75 Å². The Hall–Kier alpha value is -1.51. The van der Waals surface area contributed by atoms with Crippen molar-refractivity contribution in [3.63, 3.8) is 0 Å². The molecule has 1 aromatic carbocycles. The van der Waals surface area contributed by atoms with Crippen molar-refractivity contribution in [2.45, 2.75) is 26.7 Å². The smallest absolute Gasteiger partial charge is 0.310 e. The first kappa shape index (κ1) is 13.6. The number of rotatable bonds is 6. The molecule has 0 saturated heterocycles. The molecule has 0 atom stereocenters. The zero-order valence-corrected chi connectivity index (χ0v) is 10.7. The number of ether oxygens (including phenoxy) is 2. The van der Waals surface area contributed by atoms with E-state index in [1.807, 2.05) is 24.3 Å². The summed E-state index contributed by atoms with van der Waals surface area (Å²) in [6, 6.07) is 7.58. The molecular weight excluding hydrogens is 216 g/mol. The molecule has 0 spiro atoms. The first-order valence-electron chi connectivity index (χ1n) is 5.91. The summed E-state index contributed by atoms with van der Waals surface area (Å²) in [7, 11) is 1.39. The lowest BCUT2D eigenvalue weighted by Crippen LogP contribution is -2.08. The number of esters is 1. The highest BCUT2D eigenvalue weighted by atomic mass is 16.5. The minimum absolute atomic E-state index is 0.245. The van der Waals surface area contributed by atoms with Gasteiger partial charge in [0, 0.05) is 5.56 Å². The zero-order chi connectivity index (χ0) is 12.7. The Morgan fingerprint density at radius 2 is 2.00 bits per heavy atom. The maximum absolute atomic E-state index is 11.2. The van der Waals surface area contributed by atoms with Gasteiger partial charge in [-0.25, -0.2) is 0 Å². The molecule has 3 heteroatoms. The predicted octanol–water partition coefficient (Wildman–Crippen LogP) is 2.83. The van der Waals surface area contributed by atoms with Crippen LogP contribution in [0.1, 0.15) is 25.8 Å². The predicted molar refractivity (Wildman–Crippen MR) is 67.1 cm³/mol. The molecule has 0 radical (unpaired) electrons. The lowest BCUT2D eigenvalue weighted by molar-refractivity contribution is -0.139. The fourth-order valence-corrected chi connectivity index (χ4v) is 1.42. The summed E-state index contributed by atoms with van der Waals surface area (Å²) in [5.74, 6) is 1.14. The Labute approximate surface area is 103 Å². The summed E-state index contributed by atoms with van der Waals surface area (Å²) in [6.45, 7) is 4.99. The summed E-state index contributed by atoms with van der Waals surface area (Å²) in [6.07, 6.45) is 1.26. The average molecular weight is 236 g/mol. The molecule has 0 aliphatic carbocycles. The van der Waals surface area contributed by atoms with Crippen LogP contribution in [0.25, 0.3) is 0 Å². The normalized spacial score (nSPS) is 10.4. The first-order valence-corrected chi connectivity index (χ1v) is 5.91. The highest BCUT2D eigenvalue weighted by Gasteiger charge is 2.08. The molecule has 3 nitrogen and oxygen atoms in total. The van der Waals surface area contributed by atoms with Crippen LogP contribution in [0, 0.1) is 5.92 Å². The number of carbonyl (C=O) groups is 1. The third-order valence-corrected chi connectivity index (χ3v) is 2.49. The van der Waals surface area contributed by atoms with Crippen molar-refractivity contribution in [3.8, 4) is 5.75 Å². The summed E-state index contributed by atoms with van der Waals surface area (Å²) in [5.41, 5.74) is 0.878. The fourth-order valence-electron chi connectivity index (χ4n) is 1.42. The summed E-state index contributed by atoms with van der Waals surface area (Å²) < 4.78 is 10.3. The Balaban J connectivity index is 2.61. The van der Waals surface area contributed by atoms with Crippen molar-refractivity contribution in [1.29, 1.82) is 0 Å². The molecule has 17 heavy (non-hydrogen) atoms. The average Bonchev–Trinajstić information content (AvgIpc) is 2.30. The van der Waals surface area contributed by atoms with E-state index in [4.69, 9.17) is 4.74 Å². The number of hydrogen-bond acceptors (Lipinski definition) is 3. The molecule has 0 bridgehead atoms. The van der Waals surface area contributed by atoms with Crippen LogP contribution in [0.4, 0.5) is 0 Å². The lowest BCUT2D eigenvalue weighted by Gasteiger charge is -2.11. The van der Waals surface area contributed by atoms with Gasteiger partial charge in [0.15, 0.2) is 0 Å². The van der Waals surface area contributed by atoms with E-state index in [0.29, 0.717) is 12.5 Å². The van der Waals surface area contributed by atoms with E-state index >= 15 is 0 Å². The van der Waals surface area contributed by atoms with E-state index in [1.54, 1.807) is 0 Å². The van der Waals surface area contributed by atoms with Crippen LogP contribution >= 0.6 is 0 Å². The standard InChI is InChI=1S/C14H20O3/c1-11(2)8-9-17-13-7-5-4-6-12(13)10-14(15)16-3/h4-7,11H,8-10H2,1-3H3. The Morgan fingerprint density at radius 3 is 2.65 bits per heavy atom. The number of para-hydroxylation sites is 1. The summed E-state index contributed by atoms with van der Waals surface area (Å²) in [5, 5.41) is 0. The van der Waals surface area contributed by atoms with Crippen molar-refractivity contribution in [2.75, 3.05) is 13.7 Å². The quantitative estimate of drug-likeness (QED) is 0.712. The third-order valence-electron chi connectivity index (χ3n) is 2.49. The topological polar surface area (TPSA) is 35.5 Å². The molecule has 0 amide bonds. The van der Waals surface area contributed by atoms with Crippen molar-refractivity contribution in [3.05, 3.63) is 29.8 Å². The molecule has 0 aromatic heterocycles. The van der Waals surface area contributed by atoms with Gasteiger partial charge in [0.2, 0.25) is 0 Å². The van der Waals surface area contributed by atoms with Crippen molar-refractivity contribution < 1.29 is 14.3 Å². The van der Waals surface area contributed by atoms with Gasteiger partial charge in [0.05, 0.1) is 20.1 Å². The van der Waals surface area contributed by atoms with Crippen molar-refractivity contribution in [1.82, 2.24) is 0 Å². The van der Waals surface area contributed by atoms with Crippen LogP contribution < -0.4 is 4.74 Å². The minimum Gasteiger partial charge on any atom is -0.493 e. The SMILES string of the molecule is COC(=O)Cc1ccccc1OCCC(C)C. The van der Waals surface area contributed by atoms with E-state index in [9.17, 15) is 4.79 Å². The highest BCUT2D eigenvalue weighted by Crippen LogP contribution is 2.19. The first-order chi connectivity index (χ1) is 8.13. The van der Waals surface area contributed by atoms with Crippen LogP contribution in [-0.2, 0) is 16.0 Å². The number of carbonyl (C=O) groups excluding carboxylic acids is 1. The van der Waals surface area contributed by atoms with Crippen LogP contribution in [-0.4, -0.2) is 19.7 Å². The van der Waals surface area contributed by atoms with Gasteiger partial charge < -0.3 is 9.47 Å². The Morgan fingerprint density at radius 1 is 1.29 bits per heavy atom. The molecule has 0 fully saturated rings. The fraction of sp³-hybridized carbons (Fsp3) is 0.500. The molecule has 1 aromatic rings. The van der Waals surface area contributed by atoms with Crippen molar-refractivity contribution >= 4 is 5.97 Å². The molecule has 94 valence electrons. The maximum atomic E-state index is 11.2. The van der Waals surface area contributed by atoms with E-state index in [2.05, 4.69) is 18.6 Å². The molecule has 0 unspecified atom stereocenters. The second-order valence-corrected chi connectivity index (χ2v) is 4.39. The summed E-state index contributed by atoms with van der Waals surface area (Å²) >= 11 is 0. The third kappa shape index (κ3) is 4.89. The number of benzene rings is 1. The second kappa shape index (κ2) is 6.94. The molecule has 0 N–H and O–H groups in total. The van der Waals surface area contributed by atoms with E-state index < -0.39 is 0 Å². The monoisotopic (exact) mass is 236 g/mol. The minimum atomic E-state index is -0.245. The van der Waals surface area contributed by atoms with Crippen LogP contribution in [0.2, 0.25) is 0 Å². The zero-order valence-electron chi connectivity index (χ0n) is 10.7. The lowest BCUT2D eigenvalue weighted by atomic mass is 10.1. The van der Waals surface area contributed by atoms with Gasteiger partial charge in [-0.15, -0.1) is 0 Å². The van der Waals surface area contributed by atoms with Gasteiger partial charge in [0.25, 0.3) is 0 Å². The number of hydrogen-bond donors (Lipinski definition) is 0. The van der Waals surface area contributed by atoms with E-state index in [0.717, 1.165) is 17.7 Å². The number of methoxy groups -OCH3 is 1. The Kier molecular flexibility index (Phi) is 5.53. The molecule has 0 aliphatic rings. The highest BCUT2D eigenvalue weighted by molar-refractivity contribution is 5.73.